The maximum Gasteiger partial charge on any atom is 0.223 e. The molecule has 3 N–H and O–H groups in total. The smallest absolute Gasteiger partial charge is 0.223 e. The first-order valence-electron chi connectivity index (χ1n) is 7.80. The van der Waals surface area contributed by atoms with Gasteiger partial charge in [-0.3, -0.25) is 4.79 Å². The van der Waals surface area contributed by atoms with Crippen LogP contribution in [-0.2, 0) is 4.79 Å². The standard InChI is InChI=1S/C17H25NO3/c19-12-6-9-15(14-7-2-1-3-8-14)18-16(20)13-17(21)10-4-5-11-17/h1-3,7-8,15,19,21H,4-6,9-13H2,(H,18,20). The molecule has 0 heterocycles. The van der Waals surface area contributed by atoms with Gasteiger partial charge < -0.3 is 15.5 Å². The van der Waals surface area contributed by atoms with E-state index < -0.39 is 5.60 Å². The third-order valence-electron chi connectivity index (χ3n) is 4.21. The van der Waals surface area contributed by atoms with Crippen molar-refractivity contribution in [3.63, 3.8) is 0 Å². The van der Waals surface area contributed by atoms with E-state index in [2.05, 4.69) is 5.32 Å². The minimum atomic E-state index is -0.817. The van der Waals surface area contributed by atoms with Crippen molar-refractivity contribution < 1.29 is 15.0 Å². The molecule has 1 aromatic carbocycles. The number of nitrogens with one attached hydrogen (secondary N) is 1. The van der Waals surface area contributed by atoms with Crippen molar-refractivity contribution in [1.82, 2.24) is 5.32 Å². The third-order valence-corrected chi connectivity index (χ3v) is 4.21. The summed E-state index contributed by atoms with van der Waals surface area (Å²) in [7, 11) is 0. The van der Waals surface area contributed by atoms with E-state index >= 15 is 0 Å². The summed E-state index contributed by atoms with van der Waals surface area (Å²) in [5.41, 5.74) is 0.222. The summed E-state index contributed by atoms with van der Waals surface area (Å²) in [6, 6.07) is 9.68. The van der Waals surface area contributed by atoms with Gasteiger partial charge >= 0.3 is 0 Å². The first kappa shape index (κ1) is 16.0. The van der Waals surface area contributed by atoms with Crippen LogP contribution >= 0.6 is 0 Å². The van der Waals surface area contributed by atoms with Crippen LogP contribution in [0.5, 0.6) is 0 Å². The zero-order valence-electron chi connectivity index (χ0n) is 12.4. The second kappa shape index (κ2) is 7.57. The molecular formula is C17H25NO3. The van der Waals surface area contributed by atoms with Crippen molar-refractivity contribution in [2.45, 2.75) is 56.6 Å². The average molecular weight is 291 g/mol. The molecule has 1 amide bonds. The van der Waals surface area contributed by atoms with Crippen LogP contribution < -0.4 is 5.32 Å². The Hall–Kier alpha value is -1.39. The fourth-order valence-electron chi connectivity index (χ4n) is 3.06. The topological polar surface area (TPSA) is 69.6 Å². The molecule has 0 saturated heterocycles. The lowest BCUT2D eigenvalue weighted by atomic mass is 9.96. The van der Waals surface area contributed by atoms with E-state index in [1.807, 2.05) is 30.3 Å². The van der Waals surface area contributed by atoms with Gasteiger partial charge in [0.25, 0.3) is 0 Å². The highest BCUT2D eigenvalue weighted by Crippen LogP contribution is 2.32. The van der Waals surface area contributed by atoms with Crippen LogP contribution in [0.4, 0.5) is 0 Å². The Bertz CT molecular complexity index is 441. The maximum atomic E-state index is 12.2. The lowest BCUT2D eigenvalue weighted by Gasteiger charge is -2.24. The van der Waals surface area contributed by atoms with Crippen LogP contribution in [0.25, 0.3) is 0 Å². The van der Waals surface area contributed by atoms with E-state index in [-0.39, 0.29) is 25.0 Å². The van der Waals surface area contributed by atoms with Gasteiger partial charge in [-0.2, -0.15) is 0 Å². The van der Waals surface area contributed by atoms with Crippen LogP contribution in [0, 0.1) is 0 Å². The Labute approximate surface area is 126 Å². The minimum Gasteiger partial charge on any atom is -0.396 e. The Morgan fingerprint density at radius 2 is 1.90 bits per heavy atom. The molecule has 4 nitrogen and oxygen atoms in total. The normalized spacial score (nSPS) is 18.4. The van der Waals surface area contributed by atoms with Gasteiger partial charge in [0.1, 0.15) is 0 Å². The number of aliphatic hydroxyl groups excluding tert-OH is 1. The summed E-state index contributed by atoms with van der Waals surface area (Å²) in [6.45, 7) is 0.114. The number of aliphatic hydroxyl groups is 2. The van der Waals surface area contributed by atoms with Gasteiger partial charge in [0.05, 0.1) is 18.1 Å². The monoisotopic (exact) mass is 291 g/mol. The van der Waals surface area contributed by atoms with Crippen LogP contribution in [0.1, 0.15) is 56.6 Å². The number of hydrogen-bond acceptors (Lipinski definition) is 3. The van der Waals surface area contributed by atoms with Crippen LogP contribution in [0.3, 0.4) is 0 Å². The molecule has 1 aliphatic carbocycles. The van der Waals surface area contributed by atoms with Gasteiger partial charge in [0.2, 0.25) is 5.91 Å². The first-order chi connectivity index (χ1) is 10.1. The summed E-state index contributed by atoms with van der Waals surface area (Å²) in [6.07, 6.45) is 4.94. The molecule has 1 unspecified atom stereocenters. The molecule has 116 valence electrons. The van der Waals surface area contributed by atoms with Gasteiger partial charge in [-0.25, -0.2) is 0 Å². The van der Waals surface area contributed by atoms with E-state index in [9.17, 15) is 9.90 Å². The molecule has 0 spiro atoms. The van der Waals surface area contributed by atoms with E-state index in [4.69, 9.17) is 5.11 Å². The van der Waals surface area contributed by atoms with Crippen molar-refractivity contribution in [2.24, 2.45) is 0 Å². The van der Waals surface area contributed by atoms with E-state index in [1.165, 1.54) is 0 Å². The Balaban J connectivity index is 1.96. The summed E-state index contributed by atoms with van der Waals surface area (Å²) in [5.74, 6) is -0.105. The van der Waals surface area contributed by atoms with Crippen LogP contribution in [0.15, 0.2) is 30.3 Å². The highest BCUT2D eigenvalue weighted by Gasteiger charge is 2.33. The molecule has 1 atom stereocenters. The van der Waals surface area contributed by atoms with Crippen LogP contribution in [-0.4, -0.2) is 28.3 Å². The lowest BCUT2D eigenvalue weighted by molar-refractivity contribution is -0.126. The largest absolute Gasteiger partial charge is 0.396 e. The minimum absolute atomic E-state index is 0.101. The Morgan fingerprint density at radius 3 is 2.52 bits per heavy atom. The van der Waals surface area contributed by atoms with Crippen molar-refractivity contribution >= 4 is 5.91 Å². The number of carbonyl (C=O) groups excluding carboxylic acids is 1. The molecule has 2 rings (SSSR count). The van der Waals surface area contributed by atoms with E-state index in [0.29, 0.717) is 25.7 Å². The van der Waals surface area contributed by atoms with Gasteiger partial charge in [-0.05, 0) is 31.2 Å². The average Bonchev–Trinajstić information content (AvgIpc) is 2.90. The summed E-state index contributed by atoms with van der Waals surface area (Å²) in [4.78, 5) is 12.2. The van der Waals surface area contributed by atoms with Crippen molar-refractivity contribution in [3.05, 3.63) is 35.9 Å². The van der Waals surface area contributed by atoms with Crippen LogP contribution in [0.2, 0.25) is 0 Å². The summed E-state index contributed by atoms with van der Waals surface area (Å²) in [5, 5.41) is 22.3. The number of rotatable bonds is 7. The predicted molar refractivity (Wildman–Crippen MR) is 81.7 cm³/mol. The SMILES string of the molecule is O=C(CC1(O)CCCC1)NC(CCCO)c1ccccc1. The number of carbonyl (C=O) groups is 1. The molecule has 1 saturated carbocycles. The van der Waals surface area contributed by atoms with E-state index in [0.717, 1.165) is 18.4 Å². The molecule has 0 aromatic heterocycles. The predicted octanol–water partition coefficient (Wildman–Crippen LogP) is 2.31. The fraction of sp³-hybridized carbons (Fsp3) is 0.588. The van der Waals surface area contributed by atoms with Crippen molar-refractivity contribution in [1.29, 1.82) is 0 Å². The quantitative estimate of drug-likeness (QED) is 0.722. The van der Waals surface area contributed by atoms with Gasteiger partial charge in [0.15, 0.2) is 0 Å². The Morgan fingerprint density at radius 1 is 1.24 bits per heavy atom. The molecule has 21 heavy (non-hydrogen) atoms. The highest BCUT2D eigenvalue weighted by atomic mass is 16.3. The molecule has 0 bridgehead atoms. The molecule has 1 fully saturated rings. The lowest BCUT2D eigenvalue weighted by Crippen LogP contribution is -2.36. The van der Waals surface area contributed by atoms with E-state index in [1.54, 1.807) is 0 Å². The van der Waals surface area contributed by atoms with Gasteiger partial charge in [0, 0.05) is 6.61 Å². The zero-order valence-corrected chi connectivity index (χ0v) is 12.4. The molecule has 0 radical (unpaired) electrons. The Kier molecular flexibility index (Phi) is 5.76. The van der Waals surface area contributed by atoms with Crippen molar-refractivity contribution in [2.75, 3.05) is 6.61 Å². The molecule has 1 aromatic rings. The number of benzene rings is 1. The van der Waals surface area contributed by atoms with Gasteiger partial charge in [-0.1, -0.05) is 43.2 Å². The summed E-state index contributed by atoms with van der Waals surface area (Å²) >= 11 is 0. The second-order valence-corrected chi connectivity index (χ2v) is 6.00. The molecule has 4 heteroatoms. The molecule has 0 aliphatic heterocycles. The zero-order chi connectivity index (χ0) is 15.1. The van der Waals surface area contributed by atoms with Gasteiger partial charge in [-0.15, -0.1) is 0 Å². The van der Waals surface area contributed by atoms with Crippen molar-refractivity contribution in [3.8, 4) is 0 Å². The fourth-order valence-corrected chi connectivity index (χ4v) is 3.06. The summed E-state index contributed by atoms with van der Waals surface area (Å²) < 4.78 is 0. The maximum absolute atomic E-state index is 12.2. The number of hydrogen-bond donors (Lipinski definition) is 3. The highest BCUT2D eigenvalue weighted by molar-refractivity contribution is 5.77. The third kappa shape index (κ3) is 4.83. The molecule has 1 aliphatic rings. The number of amides is 1. The molecular weight excluding hydrogens is 266 g/mol. The first-order valence-corrected chi connectivity index (χ1v) is 7.80. The second-order valence-electron chi connectivity index (χ2n) is 6.00.